The van der Waals surface area contributed by atoms with Crippen molar-refractivity contribution >= 4 is 5.91 Å². The lowest BCUT2D eigenvalue weighted by Gasteiger charge is -2.19. The van der Waals surface area contributed by atoms with Gasteiger partial charge in [0.2, 0.25) is 5.88 Å². The first-order chi connectivity index (χ1) is 15.1. The molecule has 2 aromatic heterocycles. The van der Waals surface area contributed by atoms with Gasteiger partial charge in [0.05, 0.1) is 41.1 Å². The number of hydrogen-bond donors (Lipinski definition) is 3. The number of aryl methyl sites for hydroxylation is 1. The maximum atomic E-state index is 12.8. The lowest BCUT2D eigenvalue weighted by atomic mass is 10.1. The number of aliphatic hydroxyl groups is 2. The molecule has 8 nitrogen and oxygen atoms in total. The number of alkyl halides is 3. The van der Waals surface area contributed by atoms with E-state index in [2.05, 4.69) is 15.4 Å². The molecule has 3 N–H and O–H groups in total. The predicted molar refractivity (Wildman–Crippen MR) is 108 cm³/mol. The highest BCUT2D eigenvalue weighted by Gasteiger charge is 2.30. The average molecular weight is 450 g/mol. The van der Waals surface area contributed by atoms with Crippen molar-refractivity contribution < 1.29 is 32.9 Å². The molecule has 0 radical (unpaired) electrons. The highest BCUT2D eigenvalue weighted by atomic mass is 19.4. The Hall–Kier alpha value is -3.44. The van der Waals surface area contributed by atoms with E-state index in [9.17, 15) is 28.2 Å². The summed E-state index contributed by atoms with van der Waals surface area (Å²) in [6.07, 6.45) is -2.56. The Morgan fingerprint density at radius 1 is 1.25 bits per heavy atom. The molecule has 2 heterocycles. The minimum absolute atomic E-state index is 0.0363. The molecule has 11 heteroatoms. The number of ether oxygens (including phenoxy) is 1. The second kappa shape index (κ2) is 9.37. The highest BCUT2D eigenvalue weighted by molar-refractivity contribution is 5.95. The van der Waals surface area contributed by atoms with Crippen LogP contribution in [0.25, 0.3) is 11.3 Å². The standard InChI is InChI=1S/C21H21F3N4O4/c1-12(30)18(11-29)26-19(31)13-9-16(17-7-8-28(2)27-17)20(25-10-13)32-15-5-3-14(4-6-15)21(22,23)24/h3-10,12,18,29-30H,11H2,1-2H3,(H,26,31)/t12-,18?/m1/s1. The van der Waals surface area contributed by atoms with Gasteiger partial charge in [0.15, 0.2) is 0 Å². The van der Waals surface area contributed by atoms with E-state index in [1.54, 1.807) is 19.3 Å². The first kappa shape index (κ1) is 23.2. The molecule has 170 valence electrons. The number of pyridine rings is 1. The molecular weight excluding hydrogens is 429 g/mol. The molecule has 3 aromatic rings. The summed E-state index contributed by atoms with van der Waals surface area (Å²) in [5.41, 5.74) is 0.0531. The van der Waals surface area contributed by atoms with Crippen molar-refractivity contribution in [2.24, 2.45) is 7.05 Å². The summed E-state index contributed by atoms with van der Waals surface area (Å²) < 4.78 is 45.6. The Kier molecular flexibility index (Phi) is 6.80. The number of aliphatic hydroxyl groups excluding tert-OH is 2. The van der Waals surface area contributed by atoms with E-state index >= 15 is 0 Å². The highest BCUT2D eigenvalue weighted by Crippen LogP contribution is 2.34. The molecule has 0 fully saturated rings. The summed E-state index contributed by atoms with van der Waals surface area (Å²) in [6.45, 7) is 0.971. The van der Waals surface area contributed by atoms with Gasteiger partial charge in [-0.25, -0.2) is 4.98 Å². The molecule has 0 saturated heterocycles. The van der Waals surface area contributed by atoms with Crippen molar-refractivity contribution in [3.8, 4) is 22.9 Å². The number of nitrogens with one attached hydrogen (secondary N) is 1. The van der Waals surface area contributed by atoms with E-state index in [1.165, 1.54) is 36.0 Å². The third-order valence-corrected chi connectivity index (χ3v) is 4.59. The zero-order valence-electron chi connectivity index (χ0n) is 17.2. The summed E-state index contributed by atoms with van der Waals surface area (Å²) in [4.78, 5) is 16.7. The zero-order valence-corrected chi connectivity index (χ0v) is 17.2. The van der Waals surface area contributed by atoms with Crippen molar-refractivity contribution in [2.75, 3.05) is 6.61 Å². The normalized spacial score (nSPS) is 13.5. The molecule has 0 aliphatic heterocycles. The third-order valence-electron chi connectivity index (χ3n) is 4.59. The Morgan fingerprint density at radius 2 is 1.94 bits per heavy atom. The summed E-state index contributed by atoms with van der Waals surface area (Å²) in [5.74, 6) is -0.431. The maximum absolute atomic E-state index is 12.8. The molecule has 1 aromatic carbocycles. The lowest BCUT2D eigenvalue weighted by molar-refractivity contribution is -0.137. The van der Waals surface area contributed by atoms with Crippen molar-refractivity contribution in [3.05, 3.63) is 59.9 Å². The Bertz CT molecular complexity index is 1080. The minimum Gasteiger partial charge on any atom is -0.438 e. The molecule has 0 bridgehead atoms. The minimum atomic E-state index is -4.47. The molecule has 0 aliphatic carbocycles. The van der Waals surface area contributed by atoms with Crippen LogP contribution in [-0.2, 0) is 13.2 Å². The first-order valence-electron chi connectivity index (χ1n) is 9.53. The molecule has 32 heavy (non-hydrogen) atoms. The van der Waals surface area contributed by atoms with Crippen LogP contribution >= 0.6 is 0 Å². The molecule has 1 amide bonds. The fourth-order valence-corrected chi connectivity index (χ4v) is 2.79. The summed E-state index contributed by atoms with van der Waals surface area (Å²) in [6, 6.07) is 6.36. The van der Waals surface area contributed by atoms with Gasteiger partial charge in [-0.15, -0.1) is 0 Å². The van der Waals surface area contributed by atoms with Crippen molar-refractivity contribution in [2.45, 2.75) is 25.2 Å². The number of nitrogens with zero attached hydrogens (tertiary/aromatic N) is 3. The maximum Gasteiger partial charge on any atom is 0.416 e. The molecule has 0 spiro atoms. The van der Waals surface area contributed by atoms with Gasteiger partial charge in [0.1, 0.15) is 5.75 Å². The predicted octanol–water partition coefficient (Wildman–Crippen LogP) is 2.76. The van der Waals surface area contributed by atoms with Gasteiger partial charge in [0, 0.05) is 19.4 Å². The fraction of sp³-hybridized carbons (Fsp3) is 0.286. The van der Waals surface area contributed by atoms with Crippen molar-refractivity contribution in [1.29, 1.82) is 0 Å². The summed E-state index contributed by atoms with van der Waals surface area (Å²) >= 11 is 0. The molecule has 2 atom stereocenters. The Labute approximate surface area is 181 Å². The molecule has 0 aliphatic rings. The van der Waals surface area contributed by atoms with Crippen LogP contribution in [0.1, 0.15) is 22.8 Å². The van der Waals surface area contributed by atoms with Crippen LogP contribution in [-0.4, -0.2) is 49.6 Å². The quantitative estimate of drug-likeness (QED) is 0.511. The van der Waals surface area contributed by atoms with Crippen LogP contribution in [0.5, 0.6) is 11.6 Å². The number of carbonyl (C=O) groups excluding carboxylic acids is 1. The number of benzene rings is 1. The van der Waals surface area contributed by atoms with E-state index < -0.39 is 36.4 Å². The SMILES string of the molecule is C[C@@H](O)C(CO)NC(=O)c1cnc(Oc2ccc(C(F)(F)F)cc2)c(-c2ccn(C)n2)c1. The van der Waals surface area contributed by atoms with Crippen LogP contribution in [0.2, 0.25) is 0 Å². The van der Waals surface area contributed by atoms with E-state index in [1.807, 2.05) is 0 Å². The third kappa shape index (κ3) is 5.42. The van der Waals surface area contributed by atoms with Crippen molar-refractivity contribution in [3.63, 3.8) is 0 Å². The number of hydrogen-bond acceptors (Lipinski definition) is 6. The van der Waals surface area contributed by atoms with Crippen molar-refractivity contribution in [1.82, 2.24) is 20.1 Å². The van der Waals surface area contributed by atoms with Gasteiger partial charge in [0.25, 0.3) is 5.91 Å². The lowest BCUT2D eigenvalue weighted by Crippen LogP contribution is -2.44. The van der Waals surface area contributed by atoms with Gasteiger partial charge >= 0.3 is 6.18 Å². The van der Waals surface area contributed by atoms with Crippen LogP contribution in [0.3, 0.4) is 0 Å². The zero-order chi connectivity index (χ0) is 23.5. The number of rotatable bonds is 7. The second-order valence-electron chi connectivity index (χ2n) is 7.08. The fourth-order valence-electron chi connectivity index (χ4n) is 2.79. The average Bonchev–Trinajstić information content (AvgIpc) is 3.17. The van der Waals surface area contributed by atoms with Crippen LogP contribution < -0.4 is 10.1 Å². The monoisotopic (exact) mass is 450 g/mol. The Balaban J connectivity index is 1.93. The molecule has 0 saturated carbocycles. The van der Waals surface area contributed by atoms with Crippen LogP contribution in [0, 0.1) is 0 Å². The van der Waals surface area contributed by atoms with Gasteiger partial charge in [-0.1, -0.05) is 0 Å². The Morgan fingerprint density at radius 3 is 2.47 bits per heavy atom. The number of carbonyl (C=O) groups is 1. The van der Waals surface area contributed by atoms with Crippen LogP contribution in [0.15, 0.2) is 48.8 Å². The summed E-state index contributed by atoms with van der Waals surface area (Å²) in [5, 5.41) is 25.7. The molecule has 1 unspecified atom stereocenters. The smallest absolute Gasteiger partial charge is 0.416 e. The van der Waals surface area contributed by atoms with Gasteiger partial charge in [-0.2, -0.15) is 18.3 Å². The van der Waals surface area contributed by atoms with Gasteiger partial charge < -0.3 is 20.3 Å². The largest absolute Gasteiger partial charge is 0.438 e. The molecular formula is C21H21F3N4O4. The molecule has 3 rings (SSSR count). The van der Waals surface area contributed by atoms with Gasteiger partial charge in [-0.3, -0.25) is 9.48 Å². The number of amides is 1. The van der Waals surface area contributed by atoms with E-state index in [0.717, 1.165) is 12.1 Å². The first-order valence-corrected chi connectivity index (χ1v) is 9.53. The number of aromatic nitrogens is 3. The number of halogens is 3. The topological polar surface area (TPSA) is 110 Å². The van der Waals surface area contributed by atoms with Crippen LogP contribution in [0.4, 0.5) is 13.2 Å². The summed E-state index contributed by atoms with van der Waals surface area (Å²) in [7, 11) is 1.69. The second-order valence-corrected chi connectivity index (χ2v) is 7.08. The van der Waals surface area contributed by atoms with E-state index in [0.29, 0.717) is 11.3 Å². The van der Waals surface area contributed by atoms with E-state index in [-0.39, 0.29) is 17.2 Å². The van der Waals surface area contributed by atoms with E-state index in [4.69, 9.17) is 4.74 Å². The van der Waals surface area contributed by atoms with Gasteiger partial charge in [-0.05, 0) is 43.3 Å².